The zero-order chi connectivity index (χ0) is 10.9. The van der Waals surface area contributed by atoms with E-state index in [1.807, 2.05) is 0 Å². The van der Waals surface area contributed by atoms with Crippen molar-refractivity contribution in [2.24, 2.45) is 5.92 Å². The van der Waals surface area contributed by atoms with E-state index < -0.39 is 0 Å². The molecule has 0 aromatic carbocycles. The second-order valence-electron chi connectivity index (χ2n) is 5.66. The summed E-state index contributed by atoms with van der Waals surface area (Å²) in [4.78, 5) is 2.51. The van der Waals surface area contributed by atoms with Crippen molar-refractivity contribution in [3.63, 3.8) is 0 Å². The number of likely N-dealkylation sites (N-methyl/N-ethyl adjacent to an activating group) is 2. The fourth-order valence-electron chi connectivity index (χ4n) is 3.57. The van der Waals surface area contributed by atoms with E-state index in [1.54, 1.807) is 0 Å². The van der Waals surface area contributed by atoms with Crippen LogP contribution < -0.4 is 5.32 Å². The molecule has 2 rings (SSSR count). The average molecular weight is 210 g/mol. The summed E-state index contributed by atoms with van der Waals surface area (Å²) >= 11 is 0. The van der Waals surface area contributed by atoms with Gasteiger partial charge in [-0.2, -0.15) is 0 Å². The second-order valence-corrected chi connectivity index (χ2v) is 5.66. The molecule has 2 fully saturated rings. The maximum absolute atomic E-state index is 3.61. The Morgan fingerprint density at radius 1 is 1.13 bits per heavy atom. The third-order valence-electron chi connectivity index (χ3n) is 4.59. The Balaban J connectivity index is 2.14. The lowest BCUT2D eigenvalue weighted by Gasteiger charge is -2.49. The molecule has 1 N–H and O–H groups in total. The van der Waals surface area contributed by atoms with Gasteiger partial charge in [-0.05, 0) is 52.7 Å². The molecule has 0 aliphatic heterocycles. The highest BCUT2D eigenvalue weighted by Crippen LogP contribution is 2.44. The predicted octanol–water partition coefficient (Wildman–Crippen LogP) is 2.25. The molecule has 2 aliphatic carbocycles. The van der Waals surface area contributed by atoms with Gasteiger partial charge in [0.15, 0.2) is 0 Å². The highest BCUT2D eigenvalue weighted by molar-refractivity contribution is 5.05. The van der Waals surface area contributed by atoms with Crippen LogP contribution >= 0.6 is 0 Å². The summed E-state index contributed by atoms with van der Waals surface area (Å²) in [5.41, 5.74) is 0.453. The van der Waals surface area contributed by atoms with Gasteiger partial charge in [0.25, 0.3) is 0 Å². The minimum Gasteiger partial charge on any atom is -0.315 e. The number of hydrogen-bond donors (Lipinski definition) is 1. The molecule has 1 unspecified atom stereocenters. The van der Waals surface area contributed by atoms with E-state index in [2.05, 4.69) is 31.4 Å². The summed E-state index contributed by atoms with van der Waals surface area (Å²) in [6.07, 6.45) is 9.95. The van der Waals surface area contributed by atoms with Crippen molar-refractivity contribution in [2.75, 3.05) is 21.1 Å². The topological polar surface area (TPSA) is 15.3 Å². The van der Waals surface area contributed by atoms with Crippen LogP contribution in [0.4, 0.5) is 0 Å². The first kappa shape index (κ1) is 11.4. The van der Waals surface area contributed by atoms with Crippen LogP contribution in [0.1, 0.15) is 44.9 Å². The van der Waals surface area contributed by atoms with E-state index in [-0.39, 0.29) is 0 Å². The van der Waals surface area contributed by atoms with Gasteiger partial charge in [-0.25, -0.2) is 0 Å². The Kier molecular flexibility index (Phi) is 3.36. The van der Waals surface area contributed by atoms with Crippen molar-refractivity contribution in [1.29, 1.82) is 0 Å². The lowest BCUT2D eigenvalue weighted by Crippen LogP contribution is -2.60. The van der Waals surface area contributed by atoms with Crippen LogP contribution in [-0.4, -0.2) is 37.6 Å². The summed E-state index contributed by atoms with van der Waals surface area (Å²) < 4.78 is 0. The smallest absolute Gasteiger partial charge is 0.0359 e. The molecule has 2 heteroatoms. The van der Waals surface area contributed by atoms with E-state index in [0.717, 1.165) is 12.0 Å². The van der Waals surface area contributed by atoms with E-state index in [9.17, 15) is 0 Å². The van der Waals surface area contributed by atoms with Crippen LogP contribution in [0.3, 0.4) is 0 Å². The molecule has 0 heterocycles. The van der Waals surface area contributed by atoms with E-state index in [1.165, 1.54) is 44.9 Å². The molecule has 2 nitrogen and oxygen atoms in total. The van der Waals surface area contributed by atoms with Crippen molar-refractivity contribution < 1.29 is 0 Å². The molecular weight excluding hydrogens is 184 g/mol. The van der Waals surface area contributed by atoms with Crippen LogP contribution in [-0.2, 0) is 0 Å². The van der Waals surface area contributed by atoms with Gasteiger partial charge in [0.2, 0.25) is 0 Å². The molecule has 15 heavy (non-hydrogen) atoms. The van der Waals surface area contributed by atoms with Gasteiger partial charge >= 0.3 is 0 Å². The van der Waals surface area contributed by atoms with Crippen molar-refractivity contribution in [3.8, 4) is 0 Å². The first-order chi connectivity index (χ1) is 7.20. The molecule has 0 radical (unpaired) electrons. The van der Waals surface area contributed by atoms with Crippen molar-refractivity contribution >= 4 is 0 Å². The van der Waals surface area contributed by atoms with Gasteiger partial charge in [0.1, 0.15) is 0 Å². The Bertz CT molecular complexity index is 203. The Morgan fingerprint density at radius 3 is 2.13 bits per heavy atom. The summed E-state index contributed by atoms with van der Waals surface area (Å²) in [6, 6.07) is 0.729. The molecular formula is C13H26N2. The highest BCUT2D eigenvalue weighted by atomic mass is 15.2. The SMILES string of the molecule is CNC(C1CC1)C1(N(C)C)CCCCC1. The molecule has 0 aromatic rings. The Morgan fingerprint density at radius 2 is 1.73 bits per heavy atom. The lowest BCUT2D eigenvalue weighted by molar-refractivity contribution is 0.0513. The molecule has 0 saturated heterocycles. The van der Waals surface area contributed by atoms with E-state index >= 15 is 0 Å². The van der Waals surface area contributed by atoms with Crippen molar-refractivity contribution in [1.82, 2.24) is 10.2 Å². The average Bonchev–Trinajstić information content (AvgIpc) is 3.04. The molecule has 2 aliphatic rings. The van der Waals surface area contributed by atoms with Crippen LogP contribution in [0.15, 0.2) is 0 Å². The quantitative estimate of drug-likeness (QED) is 0.765. The van der Waals surface area contributed by atoms with Crippen LogP contribution in [0.5, 0.6) is 0 Å². The van der Waals surface area contributed by atoms with E-state index in [4.69, 9.17) is 0 Å². The molecule has 88 valence electrons. The molecule has 0 aromatic heterocycles. The monoisotopic (exact) mass is 210 g/mol. The maximum atomic E-state index is 3.61. The van der Waals surface area contributed by atoms with Crippen LogP contribution in [0.2, 0.25) is 0 Å². The zero-order valence-corrected chi connectivity index (χ0v) is 10.6. The fourth-order valence-corrected chi connectivity index (χ4v) is 3.57. The van der Waals surface area contributed by atoms with Gasteiger partial charge < -0.3 is 10.2 Å². The van der Waals surface area contributed by atoms with Gasteiger partial charge in [0, 0.05) is 11.6 Å². The predicted molar refractivity (Wildman–Crippen MR) is 65.1 cm³/mol. The van der Waals surface area contributed by atoms with Gasteiger partial charge in [0.05, 0.1) is 0 Å². The minimum absolute atomic E-state index is 0.453. The second kappa shape index (κ2) is 4.42. The highest BCUT2D eigenvalue weighted by Gasteiger charge is 2.47. The lowest BCUT2D eigenvalue weighted by atomic mass is 9.73. The largest absolute Gasteiger partial charge is 0.315 e. The van der Waals surface area contributed by atoms with Crippen LogP contribution in [0, 0.1) is 5.92 Å². The number of nitrogens with zero attached hydrogens (tertiary/aromatic N) is 1. The standard InChI is InChI=1S/C13H26N2/c1-14-12(11-7-8-11)13(15(2)3)9-5-4-6-10-13/h11-12,14H,4-10H2,1-3H3. The van der Waals surface area contributed by atoms with Gasteiger partial charge in [-0.1, -0.05) is 19.3 Å². The maximum Gasteiger partial charge on any atom is 0.0359 e. The zero-order valence-electron chi connectivity index (χ0n) is 10.6. The van der Waals surface area contributed by atoms with Gasteiger partial charge in [-0.3, -0.25) is 0 Å². The molecule has 0 amide bonds. The fraction of sp³-hybridized carbons (Fsp3) is 1.00. The Hall–Kier alpha value is -0.0800. The third kappa shape index (κ3) is 2.07. The third-order valence-corrected chi connectivity index (χ3v) is 4.59. The minimum atomic E-state index is 0.453. The summed E-state index contributed by atoms with van der Waals surface area (Å²) in [5, 5.41) is 3.61. The molecule has 1 atom stereocenters. The van der Waals surface area contributed by atoms with E-state index in [0.29, 0.717) is 5.54 Å². The summed E-state index contributed by atoms with van der Waals surface area (Å²) in [6.45, 7) is 0. The normalized spacial score (nSPS) is 28.0. The van der Waals surface area contributed by atoms with Crippen molar-refractivity contribution in [2.45, 2.75) is 56.5 Å². The number of hydrogen-bond acceptors (Lipinski definition) is 2. The van der Waals surface area contributed by atoms with Crippen LogP contribution in [0.25, 0.3) is 0 Å². The first-order valence-corrected chi connectivity index (χ1v) is 6.55. The van der Waals surface area contributed by atoms with Gasteiger partial charge in [-0.15, -0.1) is 0 Å². The first-order valence-electron chi connectivity index (χ1n) is 6.55. The van der Waals surface area contributed by atoms with Crippen molar-refractivity contribution in [3.05, 3.63) is 0 Å². The molecule has 2 saturated carbocycles. The summed E-state index contributed by atoms with van der Waals surface area (Å²) in [5.74, 6) is 0.954. The molecule has 0 bridgehead atoms. The molecule has 0 spiro atoms. The summed E-state index contributed by atoms with van der Waals surface area (Å²) in [7, 11) is 6.71. The number of nitrogens with one attached hydrogen (secondary N) is 1. The Labute approximate surface area is 94.4 Å². The number of rotatable bonds is 4.